The number of unbranched alkanes of at least 4 members (excludes halogenated alkanes) is 35. The lowest BCUT2D eigenvalue weighted by Gasteiger charge is -2.34. The van der Waals surface area contributed by atoms with Crippen molar-refractivity contribution in [2.24, 2.45) is 0 Å². The topological polar surface area (TPSA) is 102 Å². The number of ether oxygens (including phenoxy) is 3. The molecular formula is C56H107NO7. The van der Waals surface area contributed by atoms with E-state index in [1.54, 1.807) is 0 Å². The van der Waals surface area contributed by atoms with Gasteiger partial charge in [-0.1, -0.05) is 231 Å². The van der Waals surface area contributed by atoms with Crippen molar-refractivity contribution in [3.05, 3.63) is 12.2 Å². The van der Waals surface area contributed by atoms with E-state index in [1.165, 1.54) is 205 Å². The van der Waals surface area contributed by atoms with Gasteiger partial charge in [-0.05, 0) is 38.5 Å². The van der Waals surface area contributed by atoms with E-state index in [1.807, 2.05) is 21.1 Å². The molecule has 8 nitrogen and oxygen atoms in total. The number of hydrogen-bond acceptors (Lipinski definition) is 7. The van der Waals surface area contributed by atoms with Gasteiger partial charge in [0.15, 0.2) is 6.10 Å². The average molecular weight is 906 g/mol. The molecule has 0 aliphatic rings. The first-order chi connectivity index (χ1) is 31.1. The number of aliphatic carboxylic acids is 1. The smallest absolute Gasteiger partial charge is 0.306 e. The minimum atomic E-state index is -1.12. The molecular weight excluding hydrogens is 799 g/mol. The summed E-state index contributed by atoms with van der Waals surface area (Å²) < 4.78 is 17.3. The maximum atomic E-state index is 12.8. The molecule has 8 heteroatoms. The average Bonchev–Trinajstić information content (AvgIpc) is 3.26. The highest BCUT2D eigenvalue weighted by Gasteiger charge is 2.25. The molecule has 0 aromatic heterocycles. The van der Waals surface area contributed by atoms with Crippen LogP contribution in [-0.4, -0.2) is 75.5 Å². The molecule has 0 aromatic carbocycles. The molecule has 0 rings (SSSR count). The van der Waals surface area contributed by atoms with Crippen LogP contribution in [0.25, 0.3) is 0 Å². The minimum Gasteiger partial charge on any atom is -0.544 e. The molecule has 0 aromatic rings. The van der Waals surface area contributed by atoms with Crippen LogP contribution in [0, 0.1) is 0 Å². The number of likely N-dealkylation sites (N-methyl/N-ethyl adjacent to an activating group) is 1. The molecule has 0 spiro atoms. The number of hydrogen-bond donors (Lipinski definition) is 0. The lowest BCUT2D eigenvalue weighted by atomic mass is 10.0. The van der Waals surface area contributed by atoms with Crippen LogP contribution in [0.15, 0.2) is 12.2 Å². The number of carboxylic acids is 1. The standard InChI is InChI=1S/C56H107NO7/c1-6-8-10-12-14-16-18-20-22-24-25-26-27-28-29-31-32-34-36-38-40-42-44-46-54(58)63-51-52(50-62-49-48-53(56(60)61)57(3,4)5)64-55(59)47-45-43-41-39-37-35-33-30-23-21-19-17-15-13-11-9-7-2/h21,23,52-53H,6-20,22,24-51H2,1-5H3/b23-21+. The molecule has 2 atom stereocenters. The Hall–Kier alpha value is -1.93. The van der Waals surface area contributed by atoms with Crippen LogP contribution in [0.2, 0.25) is 0 Å². The van der Waals surface area contributed by atoms with Crippen LogP contribution in [-0.2, 0) is 28.6 Å². The summed E-state index contributed by atoms with van der Waals surface area (Å²) >= 11 is 0. The van der Waals surface area contributed by atoms with E-state index in [2.05, 4.69) is 26.0 Å². The number of esters is 2. The van der Waals surface area contributed by atoms with Gasteiger partial charge >= 0.3 is 11.9 Å². The Balaban J connectivity index is 4.13. The molecule has 0 heterocycles. The second-order valence-electron chi connectivity index (χ2n) is 20.2. The second kappa shape index (κ2) is 47.6. The van der Waals surface area contributed by atoms with E-state index in [-0.39, 0.29) is 42.7 Å². The van der Waals surface area contributed by atoms with E-state index >= 15 is 0 Å². The highest BCUT2D eigenvalue weighted by Crippen LogP contribution is 2.17. The van der Waals surface area contributed by atoms with Gasteiger partial charge in [-0.25, -0.2) is 0 Å². The summed E-state index contributed by atoms with van der Waals surface area (Å²) in [7, 11) is 5.43. The molecule has 378 valence electrons. The van der Waals surface area contributed by atoms with Gasteiger partial charge < -0.3 is 28.6 Å². The SMILES string of the molecule is CCCCCCCC/C=C/CCCCCCCCCC(=O)OC(COCCC(C(=O)[O-])[N+](C)(C)C)COC(=O)CCCCCCCCCCCCCCCCCCCCCCCCC. The van der Waals surface area contributed by atoms with Gasteiger partial charge in [0, 0.05) is 19.3 Å². The van der Waals surface area contributed by atoms with Gasteiger partial charge in [0.2, 0.25) is 0 Å². The van der Waals surface area contributed by atoms with Crippen molar-refractivity contribution in [3.8, 4) is 0 Å². The summed E-state index contributed by atoms with van der Waals surface area (Å²) in [6.45, 7) is 4.71. The molecule has 0 amide bonds. The van der Waals surface area contributed by atoms with E-state index in [0.717, 1.165) is 38.5 Å². The lowest BCUT2D eigenvalue weighted by Crippen LogP contribution is -2.55. The zero-order chi connectivity index (χ0) is 47.0. The van der Waals surface area contributed by atoms with Crippen LogP contribution < -0.4 is 5.11 Å². The summed E-state index contributed by atoms with van der Waals surface area (Å²) in [4.78, 5) is 37.1. The number of allylic oxidation sites excluding steroid dienone is 2. The molecule has 0 N–H and O–H groups in total. The van der Waals surface area contributed by atoms with Gasteiger partial charge in [0.05, 0.1) is 40.3 Å². The van der Waals surface area contributed by atoms with Crippen LogP contribution in [0.3, 0.4) is 0 Å². The van der Waals surface area contributed by atoms with Crippen molar-refractivity contribution >= 4 is 17.9 Å². The predicted octanol–water partition coefficient (Wildman–Crippen LogP) is 14.9. The second-order valence-corrected chi connectivity index (χ2v) is 20.2. The normalized spacial score (nSPS) is 12.8. The van der Waals surface area contributed by atoms with Gasteiger partial charge in [-0.3, -0.25) is 9.59 Å². The zero-order valence-corrected chi connectivity index (χ0v) is 43.2. The Kier molecular flexibility index (Phi) is 46.1. The van der Waals surface area contributed by atoms with Gasteiger partial charge in [-0.2, -0.15) is 0 Å². The number of carbonyl (C=O) groups excluding carboxylic acids is 3. The fourth-order valence-electron chi connectivity index (χ4n) is 8.60. The first-order valence-corrected chi connectivity index (χ1v) is 27.7. The maximum absolute atomic E-state index is 12.8. The van der Waals surface area contributed by atoms with Crippen LogP contribution >= 0.6 is 0 Å². The Morgan fingerprint density at radius 1 is 0.453 bits per heavy atom. The molecule has 0 aliphatic carbocycles. The van der Waals surface area contributed by atoms with E-state index in [9.17, 15) is 19.5 Å². The van der Waals surface area contributed by atoms with Crippen molar-refractivity contribution in [3.63, 3.8) is 0 Å². The molecule has 0 bridgehead atoms. The Bertz CT molecular complexity index is 1060. The summed E-state index contributed by atoms with van der Waals surface area (Å²) in [5.41, 5.74) is 0. The van der Waals surface area contributed by atoms with Crippen LogP contribution in [0.5, 0.6) is 0 Å². The third kappa shape index (κ3) is 45.2. The first-order valence-electron chi connectivity index (χ1n) is 27.7. The zero-order valence-electron chi connectivity index (χ0n) is 43.2. The third-order valence-corrected chi connectivity index (χ3v) is 12.9. The largest absolute Gasteiger partial charge is 0.544 e. The minimum absolute atomic E-state index is 0.0452. The van der Waals surface area contributed by atoms with E-state index in [4.69, 9.17) is 14.2 Å². The van der Waals surface area contributed by atoms with E-state index in [0.29, 0.717) is 12.8 Å². The fourth-order valence-corrected chi connectivity index (χ4v) is 8.60. The Morgan fingerprint density at radius 2 is 0.781 bits per heavy atom. The van der Waals surface area contributed by atoms with Crippen LogP contribution in [0.4, 0.5) is 0 Å². The molecule has 0 aliphatic heterocycles. The number of nitrogens with zero attached hydrogens (tertiary/aromatic N) is 1. The molecule has 0 saturated heterocycles. The third-order valence-electron chi connectivity index (χ3n) is 12.9. The summed E-state index contributed by atoms with van der Waals surface area (Å²) in [5, 5.41) is 11.7. The predicted molar refractivity (Wildman–Crippen MR) is 268 cm³/mol. The molecule has 0 saturated carbocycles. The Labute approximate surface area is 397 Å². The summed E-state index contributed by atoms with van der Waals surface area (Å²) in [6, 6.07) is -0.723. The van der Waals surface area contributed by atoms with Crippen molar-refractivity contribution in [2.75, 3.05) is 41.0 Å². The first kappa shape index (κ1) is 62.1. The molecule has 2 unspecified atom stereocenters. The van der Waals surface area contributed by atoms with Crippen LogP contribution in [0.1, 0.15) is 277 Å². The monoisotopic (exact) mass is 906 g/mol. The lowest BCUT2D eigenvalue weighted by molar-refractivity contribution is -0.889. The molecule has 0 fully saturated rings. The van der Waals surface area contributed by atoms with E-state index < -0.39 is 18.1 Å². The number of rotatable bonds is 51. The maximum Gasteiger partial charge on any atom is 0.306 e. The fraction of sp³-hybridized carbons (Fsp3) is 0.911. The van der Waals surface area contributed by atoms with Crippen molar-refractivity contribution in [1.29, 1.82) is 0 Å². The quantitative estimate of drug-likeness (QED) is 0.0259. The van der Waals surface area contributed by atoms with Gasteiger partial charge in [0.1, 0.15) is 12.6 Å². The molecule has 64 heavy (non-hydrogen) atoms. The number of carbonyl (C=O) groups is 3. The van der Waals surface area contributed by atoms with Crippen molar-refractivity contribution in [2.45, 2.75) is 289 Å². The summed E-state index contributed by atoms with van der Waals surface area (Å²) in [6.07, 6.45) is 53.9. The molecule has 0 radical (unpaired) electrons. The van der Waals surface area contributed by atoms with Crippen molar-refractivity contribution in [1.82, 2.24) is 0 Å². The van der Waals surface area contributed by atoms with Crippen molar-refractivity contribution < 1.29 is 38.2 Å². The number of quaternary nitrogens is 1. The highest BCUT2D eigenvalue weighted by molar-refractivity contribution is 5.70. The Morgan fingerprint density at radius 3 is 1.12 bits per heavy atom. The highest BCUT2D eigenvalue weighted by atomic mass is 16.6. The number of carboxylic acid groups (broad SMARTS) is 1. The van der Waals surface area contributed by atoms with Gasteiger partial charge in [0.25, 0.3) is 0 Å². The van der Waals surface area contributed by atoms with Gasteiger partial charge in [-0.15, -0.1) is 0 Å². The summed E-state index contributed by atoms with van der Waals surface area (Å²) in [5.74, 6) is -1.72.